The van der Waals surface area contributed by atoms with E-state index in [4.69, 9.17) is 15.2 Å². The molecule has 0 aliphatic heterocycles. The summed E-state index contributed by atoms with van der Waals surface area (Å²) in [6, 6.07) is 19.6. The minimum Gasteiger partial charge on any atom is -0.497 e. The average molecular weight is 482 g/mol. The Bertz CT molecular complexity index is 1450. The minimum atomic E-state index is -3.33. The predicted molar refractivity (Wildman–Crippen MR) is 133 cm³/mol. The summed E-state index contributed by atoms with van der Waals surface area (Å²) in [5.41, 5.74) is 9.27. The van der Waals surface area contributed by atoms with E-state index >= 15 is 0 Å². The van der Waals surface area contributed by atoms with Gasteiger partial charge in [-0.1, -0.05) is 42.5 Å². The van der Waals surface area contributed by atoms with E-state index in [2.05, 4.69) is 21.4 Å². The van der Waals surface area contributed by atoms with Crippen LogP contribution in [0.3, 0.4) is 0 Å². The molecule has 1 heterocycles. The first-order valence-electron chi connectivity index (χ1n) is 10.8. The normalized spacial score (nSPS) is 11.7. The van der Waals surface area contributed by atoms with E-state index in [9.17, 15) is 13.2 Å². The zero-order chi connectivity index (χ0) is 24.3. The molecule has 178 valence electrons. The highest BCUT2D eigenvalue weighted by molar-refractivity contribution is 7.88. The summed E-state index contributed by atoms with van der Waals surface area (Å²) < 4.78 is 39.0. The summed E-state index contributed by atoms with van der Waals surface area (Å²) in [5.74, 6) is 0.718. The van der Waals surface area contributed by atoms with E-state index in [-0.39, 0.29) is 19.6 Å². The number of hydrogen-bond acceptors (Lipinski definition) is 5. The van der Waals surface area contributed by atoms with Gasteiger partial charge in [0.05, 0.1) is 30.7 Å². The largest absolute Gasteiger partial charge is 0.497 e. The molecule has 34 heavy (non-hydrogen) atoms. The highest BCUT2D eigenvalue weighted by atomic mass is 32.2. The Labute approximate surface area is 198 Å². The molecule has 4 rings (SSSR count). The number of nitrogens with two attached hydrogens (primary N) is 1. The van der Waals surface area contributed by atoms with Crippen LogP contribution in [0.25, 0.3) is 21.8 Å². The van der Waals surface area contributed by atoms with E-state index < -0.39 is 15.9 Å². The number of amides is 1. The Balaban J connectivity index is 1.92. The molecule has 0 bridgehead atoms. The van der Waals surface area contributed by atoms with Crippen LogP contribution < -0.4 is 19.9 Å². The summed E-state index contributed by atoms with van der Waals surface area (Å²) in [4.78, 5) is 11.8. The Hall–Kier alpha value is -3.56. The molecule has 0 spiro atoms. The van der Waals surface area contributed by atoms with Gasteiger partial charge in [-0.2, -0.15) is 0 Å². The number of fused-ring (bicyclic) bond motifs is 3. The maximum absolute atomic E-state index is 11.8. The van der Waals surface area contributed by atoms with Crippen molar-refractivity contribution in [2.24, 2.45) is 5.73 Å². The van der Waals surface area contributed by atoms with Crippen molar-refractivity contribution in [2.45, 2.75) is 13.0 Å². The third-order valence-corrected chi connectivity index (χ3v) is 6.25. The maximum Gasteiger partial charge on any atom is 0.221 e. The lowest BCUT2D eigenvalue weighted by molar-refractivity contribution is -0.117. The number of ether oxygens (including phenoxy) is 2. The number of hydrogen-bond donors (Lipinski definition) is 2. The standard InChI is InChI=1S/C25H27N3O5S/c1-32-19-14-21-25(22(15-19)33-12-11-27-34(2,30)31)24-18(13-23(26)29)9-6-10-20(24)28(21)16-17-7-4-3-5-8-17/h3-10,14-15,27H,11-13,16H2,1-2H3,(H2,26,29). The van der Waals surface area contributed by atoms with Crippen LogP contribution in [0.5, 0.6) is 11.5 Å². The van der Waals surface area contributed by atoms with Crippen LogP contribution in [0, 0.1) is 0 Å². The number of carbonyl (C=O) groups is 1. The third-order valence-electron chi connectivity index (χ3n) is 5.52. The SMILES string of the molecule is COc1cc(OCCNS(C)(=O)=O)c2c3c(CC(N)=O)cccc3n(Cc3ccccc3)c2c1. The highest BCUT2D eigenvalue weighted by Gasteiger charge is 2.20. The second-order valence-electron chi connectivity index (χ2n) is 8.06. The molecule has 0 saturated carbocycles. The number of rotatable bonds is 10. The fourth-order valence-electron chi connectivity index (χ4n) is 4.16. The van der Waals surface area contributed by atoms with Gasteiger partial charge in [-0.05, 0) is 17.2 Å². The monoisotopic (exact) mass is 481 g/mol. The minimum absolute atomic E-state index is 0.0862. The summed E-state index contributed by atoms with van der Waals surface area (Å²) in [6.45, 7) is 0.843. The smallest absolute Gasteiger partial charge is 0.221 e. The van der Waals surface area contributed by atoms with E-state index in [1.807, 2.05) is 42.5 Å². The van der Waals surface area contributed by atoms with E-state index in [0.717, 1.165) is 39.2 Å². The number of methoxy groups -OCH3 is 1. The molecule has 0 fully saturated rings. The van der Waals surface area contributed by atoms with E-state index in [0.29, 0.717) is 18.0 Å². The lowest BCUT2D eigenvalue weighted by Crippen LogP contribution is -2.26. The number of aromatic nitrogens is 1. The Kier molecular flexibility index (Phi) is 6.76. The van der Waals surface area contributed by atoms with Crippen LogP contribution in [-0.4, -0.2) is 45.4 Å². The average Bonchev–Trinajstić information content (AvgIpc) is 3.11. The quantitative estimate of drug-likeness (QED) is 0.338. The summed E-state index contributed by atoms with van der Waals surface area (Å²) in [6.07, 6.45) is 1.19. The number of sulfonamides is 1. The van der Waals surface area contributed by atoms with Crippen molar-refractivity contribution < 1.29 is 22.7 Å². The van der Waals surface area contributed by atoms with Crippen LogP contribution in [0.4, 0.5) is 0 Å². The second kappa shape index (κ2) is 9.74. The van der Waals surface area contributed by atoms with Gasteiger partial charge in [0, 0.05) is 36.1 Å². The van der Waals surface area contributed by atoms with Crippen molar-refractivity contribution in [3.05, 3.63) is 71.8 Å². The van der Waals surface area contributed by atoms with Crippen LogP contribution in [-0.2, 0) is 27.8 Å². The molecule has 0 aliphatic rings. The van der Waals surface area contributed by atoms with Gasteiger partial charge < -0.3 is 19.8 Å². The molecule has 0 radical (unpaired) electrons. The van der Waals surface area contributed by atoms with Crippen LogP contribution >= 0.6 is 0 Å². The molecule has 3 aromatic carbocycles. The predicted octanol–water partition coefficient (Wildman–Crippen LogP) is 2.81. The molecule has 0 atom stereocenters. The topological polar surface area (TPSA) is 113 Å². The van der Waals surface area contributed by atoms with Gasteiger partial charge in [-0.3, -0.25) is 4.79 Å². The first-order chi connectivity index (χ1) is 16.3. The zero-order valence-electron chi connectivity index (χ0n) is 19.1. The van der Waals surface area contributed by atoms with Gasteiger partial charge in [0.15, 0.2) is 0 Å². The molecule has 8 nitrogen and oxygen atoms in total. The summed E-state index contributed by atoms with van der Waals surface area (Å²) >= 11 is 0. The number of nitrogens with one attached hydrogen (secondary N) is 1. The third kappa shape index (κ3) is 5.16. The van der Waals surface area contributed by atoms with Gasteiger partial charge in [-0.25, -0.2) is 13.1 Å². The van der Waals surface area contributed by atoms with Gasteiger partial charge in [0.1, 0.15) is 18.1 Å². The van der Waals surface area contributed by atoms with Crippen LogP contribution in [0.1, 0.15) is 11.1 Å². The molecule has 3 N–H and O–H groups in total. The maximum atomic E-state index is 11.8. The van der Waals surface area contributed by atoms with Crippen molar-refractivity contribution in [3.8, 4) is 11.5 Å². The van der Waals surface area contributed by atoms with Gasteiger partial charge in [-0.15, -0.1) is 0 Å². The van der Waals surface area contributed by atoms with Crippen molar-refractivity contribution in [3.63, 3.8) is 0 Å². The fraction of sp³-hybridized carbons (Fsp3) is 0.240. The molecule has 9 heteroatoms. The molecule has 0 saturated heterocycles. The van der Waals surface area contributed by atoms with Crippen molar-refractivity contribution in [1.29, 1.82) is 0 Å². The van der Waals surface area contributed by atoms with E-state index in [1.165, 1.54) is 0 Å². The van der Waals surface area contributed by atoms with Gasteiger partial charge in [0.2, 0.25) is 15.9 Å². The fourth-order valence-corrected chi connectivity index (χ4v) is 4.62. The Morgan fingerprint density at radius 2 is 1.79 bits per heavy atom. The lowest BCUT2D eigenvalue weighted by Gasteiger charge is -2.12. The number of primary amides is 1. The molecule has 1 amide bonds. The van der Waals surface area contributed by atoms with E-state index in [1.54, 1.807) is 13.2 Å². The first kappa shape index (κ1) is 23.6. The molecular weight excluding hydrogens is 454 g/mol. The molecular formula is C25H27N3O5S. The zero-order valence-corrected chi connectivity index (χ0v) is 19.9. The van der Waals surface area contributed by atoms with Crippen molar-refractivity contribution in [2.75, 3.05) is 26.5 Å². The molecule has 0 unspecified atom stereocenters. The number of benzene rings is 3. The highest BCUT2D eigenvalue weighted by Crippen LogP contribution is 2.41. The van der Waals surface area contributed by atoms with Crippen LogP contribution in [0.15, 0.2) is 60.7 Å². The molecule has 4 aromatic rings. The first-order valence-corrected chi connectivity index (χ1v) is 12.7. The van der Waals surface area contributed by atoms with Gasteiger partial charge >= 0.3 is 0 Å². The molecule has 1 aromatic heterocycles. The Morgan fingerprint density at radius 3 is 2.47 bits per heavy atom. The lowest BCUT2D eigenvalue weighted by atomic mass is 10.0. The summed E-state index contributed by atoms with van der Waals surface area (Å²) in [7, 11) is -1.75. The summed E-state index contributed by atoms with van der Waals surface area (Å²) in [5, 5.41) is 1.70. The molecule has 0 aliphatic carbocycles. The van der Waals surface area contributed by atoms with Gasteiger partial charge in [0.25, 0.3) is 0 Å². The second-order valence-corrected chi connectivity index (χ2v) is 9.89. The van der Waals surface area contributed by atoms with Crippen LogP contribution in [0.2, 0.25) is 0 Å². The Morgan fingerprint density at radius 1 is 1.03 bits per heavy atom. The number of carbonyl (C=O) groups excluding carboxylic acids is 1. The van der Waals surface area contributed by atoms with Crippen molar-refractivity contribution >= 4 is 37.7 Å². The number of nitrogens with zero attached hydrogens (tertiary/aromatic N) is 1. The van der Waals surface area contributed by atoms with Crippen molar-refractivity contribution in [1.82, 2.24) is 9.29 Å².